The Morgan fingerprint density at radius 3 is 1.97 bits per heavy atom. The van der Waals surface area contributed by atoms with Crippen molar-refractivity contribution in [1.82, 2.24) is 0 Å². The molecular weight excluding hydrogens is 432 g/mol. The summed E-state index contributed by atoms with van der Waals surface area (Å²) in [5.41, 5.74) is 0. The number of hydrogen-bond donors (Lipinski definition) is 1. The smallest absolute Gasteiger partial charge is 0.193 e. The van der Waals surface area contributed by atoms with Gasteiger partial charge in [-0.3, -0.25) is 4.79 Å². The van der Waals surface area contributed by atoms with E-state index in [1.54, 1.807) is 0 Å². The normalized spacial score (nSPS) is 26.4. The number of carbonyl (C=O) groups is 1. The molecule has 0 amide bonds. The van der Waals surface area contributed by atoms with Gasteiger partial charge in [-0.25, -0.2) is 0 Å². The van der Waals surface area contributed by atoms with Crippen LogP contribution in [0.25, 0.3) is 0 Å². The summed E-state index contributed by atoms with van der Waals surface area (Å²) < 4.78 is 13.5. The Labute approximate surface area is 200 Å². The van der Waals surface area contributed by atoms with Gasteiger partial charge in [0, 0.05) is 5.92 Å². The highest BCUT2D eigenvalue weighted by Crippen LogP contribution is 2.44. The van der Waals surface area contributed by atoms with Crippen molar-refractivity contribution in [2.75, 3.05) is 6.61 Å². The van der Waals surface area contributed by atoms with Gasteiger partial charge in [0.15, 0.2) is 22.4 Å². The molecular formula is C26H50O4Si2. The monoisotopic (exact) mass is 482 g/mol. The molecule has 0 aromatic heterocycles. The van der Waals surface area contributed by atoms with Crippen molar-refractivity contribution in [1.29, 1.82) is 0 Å². The van der Waals surface area contributed by atoms with Gasteiger partial charge >= 0.3 is 0 Å². The predicted molar refractivity (Wildman–Crippen MR) is 141 cm³/mol. The quantitative estimate of drug-likeness (QED) is 0.287. The minimum absolute atomic E-state index is 0.000489. The van der Waals surface area contributed by atoms with Gasteiger partial charge in [-0.05, 0) is 55.0 Å². The van der Waals surface area contributed by atoms with Crippen LogP contribution in [0, 0.1) is 11.8 Å². The van der Waals surface area contributed by atoms with Crippen molar-refractivity contribution in [3.63, 3.8) is 0 Å². The second-order valence-electron chi connectivity index (χ2n) is 12.4. The highest BCUT2D eigenvalue weighted by Gasteiger charge is 2.51. The third-order valence-electron chi connectivity index (χ3n) is 7.74. The van der Waals surface area contributed by atoms with Crippen LogP contribution in [-0.4, -0.2) is 46.3 Å². The second-order valence-corrected chi connectivity index (χ2v) is 21.9. The summed E-state index contributed by atoms with van der Waals surface area (Å²) in [6.07, 6.45) is 10.2. The molecule has 186 valence electrons. The first-order valence-electron chi connectivity index (χ1n) is 12.3. The molecule has 0 aromatic rings. The fourth-order valence-electron chi connectivity index (χ4n) is 3.44. The predicted octanol–water partition coefficient (Wildman–Crippen LogP) is 6.88. The molecule has 0 spiro atoms. The highest BCUT2D eigenvalue weighted by atomic mass is 28.4. The summed E-state index contributed by atoms with van der Waals surface area (Å²) in [4.78, 5) is 13.7. The van der Waals surface area contributed by atoms with Crippen LogP contribution in [0.3, 0.4) is 0 Å². The maximum absolute atomic E-state index is 13.7. The lowest BCUT2D eigenvalue weighted by Gasteiger charge is -2.48. The van der Waals surface area contributed by atoms with Crippen LogP contribution < -0.4 is 0 Å². The molecule has 4 atom stereocenters. The number of Topliss-reactive ketones (excluding diaryl/α,β-unsaturated/α-hetero) is 1. The lowest BCUT2D eigenvalue weighted by atomic mass is 9.75. The first-order valence-corrected chi connectivity index (χ1v) is 18.1. The number of carbonyl (C=O) groups excluding carboxylic acids is 1. The summed E-state index contributed by atoms with van der Waals surface area (Å²) >= 11 is 0. The van der Waals surface area contributed by atoms with Crippen LogP contribution in [-0.2, 0) is 13.6 Å². The molecule has 1 rings (SSSR count). The first kappa shape index (κ1) is 29.5. The molecule has 0 unspecified atom stereocenters. The first-order chi connectivity index (χ1) is 14.5. The van der Waals surface area contributed by atoms with Crippen LogP contribution in [0.4, 0.5) is 0 Å². The number of hydrogen-bond acceptors (Lipinski definition) is 4. The SMILES string of the molecule is CCC/C=C/C=C/[C@@H]1C[C@@H](O[Si](C)(C)C(C)(C)C)[C@@H](O[Si](C)(C)C(C)(C)C)C(=O)[C@H]1CO. The van der Waals surface area contributed by atoms with E-state index >= 15 is 0 Å². The average Bonchev–Trinajstić information content (AvgIpc) is 2.62. The Hall–Kier alpha value is -0.536. The van der Waals surface area contributed by atoms with E-state index in [2.05, 4.69) is 86.8 Å². The molecule has 1 N–H and O–H groups in total. The molecule has 0 aromatic carbocycles. The van der Waals surface area contributed by atoms with Gasteiger partial charge in [0.1, 0.15) is 6.10 Å². The Morgan fingerprint density at radius 2 is 1.50 bits per heavy atom. The fraction of sp³-hybridized carbons (Fsp3) is 0.808. The molecule has 1 aliphatic carbocycles. The van der Waals surface area contributed by atoms with Gasteiger partial charge in [0.2, 0.25) is 0 Å². The van der Waals surface area contributed by atoms with E-state index in [4.69, 9.17) is 8.85 Å². The molecule has 1 fully saturated rings. The Morgan fingerprint density at radius 1 is 0.969 bits per heavy atom. The zero-order valence-corrected chi connectivity index (χ0v) is 24.6. The number of aliphatic hydroxyl groups excluding tert-OH is 1. The Balaban J connectivity index is 3.32. The van der Waals surface area contributed by atoms with E-state index in [0.717, 1.165) is 12.8 Å². The van der Waals surface area contributed by atoms with Gasteiger partial charge in [-0.2, -0.15) is 0 Å². The second kappa shape index (κ2) is 11.3. The molecule has 0 heterocycles. The van der Waals surface area contributed by atoms with E-state index < -0.39 is 28.7 Å². The van der Waals surface area contributed by atoms with Crippen LogP contribution in [0.15, 0.2) is 24.3 Å². The van der Waals surface area contributed by atoms with Gasteiger partial charge in [-0.15, -0.1) is 0 Å². The molecule has 1 saturated carbocycles. The van der Waals surface area contributed by atoms with Crippen LogP contribution >= 0.6 is 0 Å². The van der Waals surface area contributed by atoms with Crippen LogP contribution in [0.1, 0.15) is 67.7 Å². The number of allylic oxidation sites excluding steroid dienone is 4. The molecule has 32 heavy (non-hydrogen) atoms. The minimum Gasteiger partial charge on any atom is -0.411 e. The molecule has 0 saturated heterocycles. The molecule has 4 nitrogen and oxygen atoms in total. The van der Waals surface area contributed by atoms with E-state index in [1.165, 1.54) is 0 Å². The fourth-order valence-corrected chi connectivity index (χ4v) is 6.03. The molecule has 6 heteroatoms. The van der Waals surface area contributed by atoms with Gasteiger partial charge in [0.25, 0.3) is 0 Å². The Kier molecular flexibility index (Phi) is 10.4. The number of rotatable bonds is 9. The summed E-state index contributed by atoms with van der Waals surface area (Å²) in [5.74, 6) is -0.493. The summed E-state index contributed by atoms with van der Waals surface area (Å²) in [5, 5.41) is 10.2. The lowest BCUT2D eigenvalue weighted by molar-refractivity contribution is -0.144. The Bertz CT molecular complexity index is 668. The van der Waals surface area contributed by atoms with Crippen LogP contribution in [0.5, 0.6) is 0 Å². The van der Waals surface area contributed by atoms with E-state index in [9.17, 15) is 9.90 Å². The summed E-state index contributed by atoms with van der Waals surface area (Å²) in [7, 11) is -4.31. The molecule has 0 aliphatic heterocycles. The van der Waals surface area contributed by atoms with Crippen molar-refractivity contribution in [2.24, 2.45) is 11.8 Å². The average molecular weight is 483 g/mol. The van der Waals surface area contributed by atoms with E-state index in [1.807, 2.05) is 12.2 Å². The van der Waals surface area contributed by atoms with Crippen molar-refractivity contribution < 1.29 is 18.8 Å². The molecule has 0 radical (unpaired) electrons. The number of ketones is 1. The number of unbranched alkanes of at least 4 members (excludes halogenated alkanes) is 1. The van der Waals surface area contributed by atoms with Crippen molar-refractivity contribution >= 4 is 22.4 Å². The minimum atomic E-state index is -2.20. The lowest BCUT2D eigenvalue weighted by Crippen LogP contribution is -2.59. The maximum Gasteiger partial charge on any atom is 0.193 e. The standard InChI is InChI=1S/C26H50O4Si2/c1-12-13-14-15-16-17-20-18-22(29-31(8,9)25(2,3)4)24(23(28)21(20)19-27)30-32(10,11)26(5,6)7/h14-17,20-22,24,27H,12-13,18-19H2,1-11H3/b15-14+,17-16+/t20-,21+,22-,24-/m1/s1. The van der Waals surface area contributed by atoms with Crippen LogP contribution in [0.2, 0.25) is 36.3 Å². The largest absolute Gasteiger partial charge is 0.411 e. The summed E-state index contributed by atoms with van der Waals surface area (Å²) in [6, 6.07) is 0. The molecule has 0 bridgehead atoms. The zero-order valence-electron chi connectivity index (χ0n) is 22.6. The van der Waals surface area contributed by atoms with Gasteiger partial charge < -0.3 is 14.0 Å². The van der Waals surface area contributed by atoms with Crippen molar-refractivity contribution in [3.05, 3.63) is 24.3 Å². The van der Waals surface area contributed by atoms with E-state index in [0.29, 0.717) is 6.42 Å². The third-order valence-corrected chi connectivity index (χ3v) is 16.7. The highest BCUT2D eigenvalue weighted by molar-refractivity contribution is 6.74. The maximum atomic E-state index is 13.7. The molecule has 1 aliphatic rings. The van der Waals surface area contributed by atoms with Gasteiger partial charge in [0.05, 0.1) is 12.7 Å². The number of aliphatic hydroxyl groups is 1. The summed E-state index contributed by atoms with van der Waals surface area (Å²) in [6.45, 7) is 24.1. The van der Waals surface area contributed by atoms with E-state index in [-0.39, 0.29) is 34.5 Å². The van der Waals surface area contributed by atoms with Gasteiger partial charge in [-0.1, -0.05) is 79.2 Å². The topological polar surface area (TPSA) is 55.8 Å². The third kappa shape index (κ3) is 7.49. The zero-order chi connectivity index (χ0) is 25.0. The van der Waals surface area contributed by atoms with Crippen molar-refractivity contribution in [2.45, 2.75) is 116 Å². The van der Waals surface area contributed by atoms with Crippen molar-refractivity contribution in [3.8, 4) is 0 Å².